The Morgan fingerprint density at radius 2 is 2.18 bits per heavy atom. The highest BCUT2D eigenvalue weighted by Crippen LogP contribution is 2.33. The lowest BCUT2D eigenvalue weighted by Gasteiger charge is -2.13. The van der Waals surface area contributed by atoms with E-state index in [4.69, 9.17) is 9.47 Å². The molecule has 2 aromatic rings. The zero-order valence-electron chi connectivity index (χ0n) is 15.1. The number of benzene rings is 1. The van der Waals surface area contributed by atoms with Crippen LogP contribution in [0.3, 0.4) is 0 Å². The molecular weight excluding hydrogens is 384 g/mol. The van der Waals surface area contributed by atoms with Crippen LogP contribution >= 0.6 is 11.3 Å². The standard InChI is InChI=1S/C18H18N4O5S/c1-10-7-19-17(28-10)21-15(23)5-3-12-16(24)22(18(25)20-12)8-11-2-4-13-14(6-11)27-9-26-13/h2,4,6-7,12H,3,5,8-9H2,1H3,(H,20,25)(H,19,21,23)/t12-/m1/s1. The molecule has 0 spiro atoms. The number of urea groups is 1. The van der Waals surface area contributed by atoms with Gasteiger partial charge in [-0.05, 0) is 31.0 Å². The minimum absolute atomic E-state index is 0.104. The Hall–Kier alpha value is -3.14. The molecule has 2 N–H and O–H groups in total. The van der Waals surface area contributed by atoms with Crippen LogP contribution in [0.15, 0.2) is 24.4 Å². The molecule has 0 saturated carbocycles. The fourth-order valence-electron chi connectivity index (χ4n) is 3.01. The van der Waals surface area contributed by atoms with E-state index in [0.29, 0.717) is 16.6 Å². The third-order valence-electron chi connectivity index (χ3n) is 4.41. The molecule has 1 aromatic heterocycles. The molecular formula is C18H18N4O5S. The van der Waals surface area contributed by atoms with Crippen LogP contribution in [0.5, 0.6) is 11.5 Å². The molecule has 1 aromatic carbocycles. The number of rotatable bonds is 6. The minimum atomic E-state index is -0.717. The van der Waals surface area contributed by atoms with Crippen molar-refractivity contribution < 1.29 is 23.9 Å². The van der Waals surface area contributed by atoms with E-state index in [9.17, 15) is 14.4 Å². The number of ether oxygens (including phenoxy) is 2. The maximum Gasteiger partial charge on any atom is 0.325 e. The molecule has 9 nitrogen and oxygen atoms in total. The van der Waals surface area contributed by atoms with Crippen LogP contribution in [0.4, 0.5) is 9.93 Å². The predicted octanol–water partition coefficient (Wildman–Crippen LogP) is 2.02. The zero-order valence-corrected chi connectivity index (χ0v) is 15.9. The zero-order chi connectivity index (χ0) is 19.7. The number of fused-ring (bicyclic) bond motifs is 1. The Kier molecular flexibility index (Phi) is 4.86. The average Bonchev–Trinajstić information content (AvgIpc) is 3.36. The summed E-state index contributed by atoms with van der Waals surface area (Å²) in [5, 5.41) is 5.85. The highest BCUT2D eigenvalue weighted by Gasteiger charge is 2.38. The quantitative estimate of drug-likeness (QED) is 0.716. The van der Waals surface area contributed by atoms with Crippen LogP contribution in [-0.2, 0) is 16.1 Å². The van der Waals surface area contributed by atoms with Crippen molar-refractivity contribution in [2.24, 2.45) is 0 Å². The van der Waals surface area contributed by atoms with Crippen LogP contribution < -0.4 is 20.1 Å². The van der Waals surface area contributed by atoms with Crippen LogP contribution in [0.25, 0.3) is 0 Å². The van der Waals surface area contributed by atoms with Crippen molar-refractivity contribution in [3.63, 3.8) is 0 Å². The number of anilines is 1. The number of hydrogen-bond acceptors (Lipinski definition) is 7. The Morgan fingerprint density at radius 3 is 2.96 bits per heavy atom. The van der Waals surface area contributed by atoms with E-state index in [1.54, 1.807) is 24.4 Å². The second-order valence-corrected chi connectivity index (χ2v) is 7.71. The first-order valence-corrected chi connectivity index (χ1v) is 9.54. The number of hydrogen-bond donors (Lipinski definition) is 2. The number of aryl methyl sites for hydroxylation is 1. The molecule has 0 aliphatic carbocycles. The largest absolute Gasteiger partial charge is 0.454 e. The highest BCUT2D eigenvalue weighted by molar-refractivity contribution is 7.15. The van der Waals surface area contributed by atoms with Crippen LogP contribution in [0, 0.1) is 6.92 Å². The van der Waals surface area contributed by atoms with Gasteiger partial charge in [0.25, 0.3) is 5.91 Å². The molecule has 1 atom stereocenters. The lowest BCUT2D eigenvalue weighted by molar-refractivity contribution is -0.128. The molecule has 3 heterocycles. The first kappa shape index (κ1) is 18.2. The summed E-state index contributed by atoms with van der Waals surface area (Å²) in [5.74, 6) is 0.640. The number of aromatic nitrogens is 1. The van der Waals surface area contributed by atoms with Gasteiger partial charge in [0, 0.05) is 17.5 Å². The number of imide groups is 1. The molecule has 2 aliphatic rings. The fourth-order valence-corrected chi connectivity index (χ4v) is 3.69. The van der Waals surface area contributed by atoms with Gasteiger partial charge in [-0.25, -0.2) is 9.78 Å². The average molecular weight is 402 g/mol. The molecule has 0 unspecified atom stereocenters. The smallest absolute Gasteiger partial charge is 0.325 e. The number of amides is 4. The molecule has 2 aliphatic heterocycles. The summed E-state index contributed by atoms with van der Waals surface area (Å²) in [4.78, 5) is 43.0. The number of carbonyl (C=O) groups excluding carboxylic acids is 3. The molecule has 10 heteroatoms. The van der Waals surface area contributed by atoms with Gasteiger partial charge < -0.3 is 20.1 Å². The van der Waals surface area contributed by atoms with Crippen molar-refractivity contribution in [1.82, 2.24) is 15.2 Å². The van der Waals surface area contributed by atoms with Crippen molar-refractivity contribution in [1.29, 1.82) is 0 Å². The van der Waals surface area contributed by atoms with Crippen molar-refractivity contribution in [2.75, 3.05) is 12.1 Å². The van der Waals surface area contributed by atoms with Crippen LogP contribution in [0.1, 0.15) is 23.3 Å². The summed E-state index contributed by atoms with van der Waals surface area (Å²) in [6.45, 7) is 2.18. The molecule has 0 radical (unpaired) electrons. The fraction of sp³-hybridized carbons (Fsp3) is 0.333. The molecule has 0 bridgehead atoms. The highest BCUT2D eigenvalue weighted by atomic mass is 32.1. The van der Waals surface area contributed by atoms with Crippen LogP contribution in [0.2, 0.25) is 0 Å². The number of nitrogens with one attached hydrogen (secondary N) is 2. The molecule has 146 valence electrons. The van der Waals surface area contributed by atoms with E-state index in [2.05, 4.69) is 15.6 Å². The number of carbonyl (C=O) groups is 3. The van der Waals surface area contributed by atoms with Gasteiger partial charge in [0.1, 0.15) is 6.04 Å². The van der Waals surface area contributed by atoms with Crippen LogP contribution in [-0.4, -0.2) is 40.6 Å². The Morgan fingerprint density at radius 1 is 1.36 bits per heavy atom. The van der Waals surface area contributed by atoms with Crippen molar-refractivity contribution in [2.45, 2.75) is 32.4 Å². The topological polar surface area (TPSA) is 110 Å². The van der Waals surface area contributed by atoms with Gasteiger partial charge in [-0.3, -0.25) is 14.5 Å². The summed E-state index contributed by atoms with van der Waals surface area (Å²) in [7, 11) is 0. The lowest BCUT2D eigenvalue weighted by Crippen LogP contribution is -2.31. The van der Waals surface area contributed by atoms with Gasteiger partial charge >= 0.3 is 6.03 Å². The molecule has 4 rings (SSSR count). The third kappa shape index (κ3) is 3.77. The van der Waals surface area contributed by atoms with E-state index in [-0.39, 0.29) is 38.0 Å². The van der Waals surface area contributed by atoms with E-state index < -0.39 is 12.1 Å². The summed E-state index contributed by atoms with van der Waals surface area (Å²) >= 11 is 1.38. The van der Waals surface area contributed by atoms with E-state index in [1.807, 2.05) is 6.92 Å². The van der Waals surface area contributed by atoms with Gasteiger partial charge in [-0.1, -0.05) is 6.07 Å². The first-order chi connectivity index (χ1) is 13.5. The maximum atomic E-state index is 12.6. The predicted molar refractivity (Wildman–Crippen MR) is 100 cm³/mol. The second kappa shape index (κ2) is 7.47. The number of thiazole rings is 1. The molecule has 4 amide bonds. The SMILES string of the molecule is Cc1cnc(NC(=O)CC[C@H]2NC(=O)N(Cc3ccc4c(c3)OCO4)C2=O)s1. The summed E-state index contributed by atoms with van der Waals surface area (Å²) < 4.78 is 10.6. The first-order valence-electron chi connectivity index (χ1n) is 8.72. The van der Waals surface area contributed by atoms with Crippen molar-refractivity contribution in [3.8, 4) is 11.5 Å². The van der Waals surface area contributed by atoms with Gasteiger partial charge in [-0.15, -0.1) is 11.3 Å². The minimum Gasteiger partial charge on any atom is -0.454 e. The van der Waals surface area contributed by atoms with Crippen molar-refractivity contribution >= 4 is 34.3 Å². The van der Waals surface area contributed by atoms with E-state index in [1.165, 1.54) is 11.3 Å². The van der Waals surface area contributed by atoms with Gasteiger partial charge in [0.2, 0.25) is 12.7 Å². The monoisotopic (exact) mass is 402 g/mol. The normalized spacial score (nSPS) is 17.8. The lowest BCUT2D eigenvalue weighted by atomic mass is 10.1. The molecule has 1 fully saturated rings. The summed E-state index contributed by atoms with van der Waals surface area (Å²) in [6.07, 6.45) is 2.00. The Labute approximate surface area is 164 Å². The number of nitrogens with zero attached hydrogens (tertiary/aromatic N) is 2. The van der Waals surface area contributed by atoms with E-state index in [0.717, 1.165) is 15.3 Å². The Balaban J connectivity index is 1.32. The maximum absolute atomic E-state index is 12.6. The Bertz CT molecular complexity index is 944. The summed E-state index contributed by atoms with van der Waals surface area (Å²) in [6, 6.07) is 4.09. The van der Waals surface area contributed by atoms with Gasteiger partial charge in [-0.2, -0.15) is 0 Å². The third-order valence-corrected chi connectivity index (χ3v) is 5.24. The van der Waals surface area contributed by atoms with Crippen molar-refractivity contribution in [3.05, 3.63) is 34.8 Å². The van der Waals surface area contributed by atoms with E-state index >= 15 is 0 Å². The van der Waals surface area contributed by atoms with Gasteiger partial charge in [0.15, 0.2) is 16.6 Å². The second-order valence-electron chi connectivity index (χ2n) is 6.48. The van der Waals surface area contributed by atoms with Gasteiger partial charge in [0.05, 0.1) is 6.54 Å². The molecule has 1 saturated heterocycles. The molecule has 28 heavy (non-hydrogen) atoms. The summed E-state index contributed by atoms with van der Waals surface area (Å²) in [5.41, 5.74) is 0.755.